The second-order valence-electron chi connectivity index (χ2n) is 3.80. The number of nitrogens with zero attached hydrogens (tertiary/aromatic N) is 2. The van der Waals surface area contributed by atoms with Crippen molar-refractivity contribution < 1.29 is 0 Å². The number of rotatable bonds is 6. The minimum Gasteiger partial charge on any atom is -0.317 e. The van der Waals surface area contributed by atoms with Crippen molar-refractivity contribution in [2.24, 2.45) is 0 Å². The lowest BCUT2D eigenvalue weighted by atomic mass is 10.1. The molecule has 0 saturated heterocycles. The van der Waals surface area contributed by atoms with Gasteiger partial charge in [-0.25, -0.2) is 4.98 Å². The Morgan fingerprint density at radius 1 is 1.53 bits per heavy atom. The van der Waals surface area contributed by atoms with E-state index in [1.807, 2.05) is 7.05 Å². The SMILES string of the molecule is CNC(C)CCCCn1cnccc1=O. The molecule has 15 heavy (non-hydrogen) atoms. The fourth-order valence-electron chi connectivity index (χ4n) is 1.42. The Balaban J connectivity index is 2.26. The maximum Gasteiger partial charge on any atom is 0.253 e. The minimum absolute atomic E-state index is 0.0339. The van der Waals surface area contributed by atoms with Crippen LogP contribution in [0.25, 0.3) is 0 Å². The number of hydrogen-bond acceptors (Lipinski definition) is 3. The van der Waals surface area contributed by atoms with E-state index in [1.54, 1.807) is 10.9 Å². The predicted molar refractivity (Wildman–Crippen MR) is 60.9 cm³/mol. The zero-order chi connectivity index (χ0) is 11.1. The lowest BCUT2D eigenvalue weighted by Crippen LogP contribution is -2.22. The number of aromatic nitrogens is 2. The molecule has 0 aliphatic rings. The lowest BCUT2D eigenvalue weighted by molar-refractivity contribution is 0.499. The highest BCUT2D eigenvalue weighted by atomic mass is 16.1. The first kappa shape index (κ1) is 11.9. The Labute approximate surface area is 90.3 Å². The van der Waals surface area contributed by atoms with E-state index < -0.39 is 0 Å². The Hall–Kier alpha value is -1.16. The van der Waals surface area contributed by atoms with Crippen LogP contribution in [0.4, 0.5) is 0 Å². The smallest absolute Gasteiger partial charge is 0.253 e. The fourth-order valence-corrected chi connectivity index (χ4v) is 1.42. The number of aryl methyl sites for hydroxylation is 1. The standard InChI is InChI=1S/C11H19N3O/c1-10(12-2)5-3-4-8-14-9-13-7-6-11(14)15/h6-7,9-10,12H,3-5,8H2,1-2H3. The van der Waals surface area contributed by atoms with Crippen LogP contribution in [-0.2, 0) is 6.54 Å². The number of hydrogen-bond donors (Lipinski definition) is 1. The maximum atomic E-state index is 11.3. The Morgan fingerprint density at radius 3 is 3.00 bits per heavy atom. The summed E-state index contributed by atoms with van der Waals surface area (Å²) < 4.78 is 1.66. The number of nitrogens with one attached hydrogen (secondary N) is 1. The Bertz CT molecular complexity index is 335. The van der Waals surface area contributed by atoms with Gasteiger partial charge in [0, 0.05) is 24.8 Å². The van der Waals surface area contributed by atoms with Gasteiger partial charge in [-0.15, -0.1) is 0 Å². The summed E-state index contributed by atoms with van der Waals surface area (Å²) in [6, 6.07) is 2.05. The fraction of sp³-hybridized carbons (Fsp3) is 0.636. The second kappa shape index (κ2) is 6.35. The molecule has 1 aromatic rings. The molecule has 0 fully saturated rings. The van der Waals surface area contributed by atoms with Crippen LogP contribution < -0.4 is 10.9 Å². The van der Waals surface area contributed by atoms with Crippen molar-refractivity contribution in [2.45, 2.75) is 38.8 Å². The molecular formula is C11H19N3O. The van der Waals surface area contributed by atoms with E-state index in [0.717, 1.165) is 25.8 Å². The first-order valence-corrected chi connectivity index (χ1v) is 5.41. The normalized spacial score (nSPS) is 12.7. The van der Waals surface area contributed by atoms with Gasteiger partial charge in [0.2, 0.25) is 0 Å². The summed E-state index contributed by atoms with van der Waals surface area (Å²) in [5, 5.41) is 3.19. The predicted octanol–water partition coefficient (Wildman–Crippen LogP) is 1.02. The maximum absolute atomic E-state index is 11.3. The van der Waals surface area contributed by atoms with Gasteiger partial charge in [-0.3, -0.25) is 9.36 Å². The first-order chi connectivity index (χ1) is 7.24. The van der Waals surface area contributed by atoms with Crippen molar-refractivity contribution in [3.8, 4) is 0 Å². The van der Waals surface area contributed by atoms with Gasteiger partial charge in [0.15, 0.2) is 0 Å². The molecule has 1 heterocycles. The third kappa shape index (κ3) is 4.25. The third-order valence-electron chi connectivity index (χ3n) is 2.57. The van der Waals surface area contributed by atoms with Gasteiger partial charge in [-0.05, 0) is 26.8 Å². The van der Waals surface area contributed by atoms with Crippen LogP contribution in [-0.4, -0.2) is 22.6 Å². The highest BCUT2D eigenvalue weighted by Gasteiger charge is 1.98. The molecule has 0 radical (unpaired) electrons. The van der Waals surface area contributed by atoms with Crippen LogP contribution in [0.1, 0.15) is 26.2 Å². The third-order valence-corrected chi connectivity index (χ3v) is 2.57. The van der Waals surface area contributed by atoms with E-state index in [9.17, 15) is 4.79 Å². The summed E-state index contributed by atoms with van der Waals surface area (Å²) in [5.74, 6) is 0. The molecule has 0 aliphatic carbocycles. The molecule has 0 saturated carbocycles. The zero-order valence-corrected chi connectivity index (χ0v) is 9.44. The van der Waals surface area contributed by atoms with Crippen molar-refractivity contribution in [1.82, 2.24) is 14.9 Å². The molecule has 0 spiro atoms. The second-order valence-corrected chi connectivity index (χ2v) is 3.80. The lowest BCUT2D eigenvalue weighted by Gasteiger charge is -2.09. The van der Waals surface area contributed by atoms with Crippen LogP contribution in [0.3, 0.4) is 0 Å². The van der Waals surface area contributed by atoms with Crippen molar-refractivity contribution in [2.75, 3.05) is 7.05 Å². The van der Waals surface area contributed by atoms with E-state index in [2.05, 4.69) is 17.2 Å². The van der Waals surface area contributed by atoms with E-state index in [4.69, 9.17) is 0 Å². The first-order valence-electron chi connectivity index (χ1n) is 5.41. The van der Waals surface area contributed by atoms with Gasteiger partial charge in [-0.1, -0.05) is 6.42 Å². The van der Waals surface area contributed by atoms with E-state index in [1.165, 1.54) is 12.3 Å². The molecule has 84 valence electrons. The highest BCUT2D eigenvalue weighted by Crippen LogP contribution is 2.00. The number of unbranched alkanes of at least 4 members (excludes halogenated alkanes) is 1. The van der Waals surface area contributed by atoms with Gasteiger partial charge in [0.1, 0.15) is 0 Å². The Kier molecular flexibility index (Phi) is 5.04. The van der Waals surface area contributed by atoms with E-state index in [0.29, 0.717) is 6.04 Å². The largest absolute Gasteiger partial charge is 0.317 e. The highest BCUT2D eigenvalue weighted by molar-refractivity contribution is 4.81. The molecule has 1 atom stereocenters. The average Bonchev–Trinajstić information content (AvgIpc) is 2.26. The van der Waals surface area contributed by atoms with Crippen molar-refractivity contribution in [1.29, 1.82) is 0 Å². The zero-order valence-electron chi connectivity index (χ0n) is 9.44. The molecule has 1 aromatic heterocycles. The van der Waals surface area contributed by atoms with Crippen LogP contribution in [0.2, 0.25) is 0 Å². The Morgan fingerprint density at radius 2 is 2.33 bits per heavy atom. The van der Waals surface area contributed by atoms with Gasteiger partial charge in [0.05, 0.1) is 6.33 Å². The van der Waals surface area contributed by atoms with Crippen LogP contribution in [0.5, 0.6) is 0 Å². The van der Waals surface area contributed by atoms with E-state index >= 15 is 0 Å². The average molecular weight is 209 g/mol. The van der Waals surface area contributed by atoms with Crippen LogP contribution in [0.15, 0.2) is 23.4 Å². The molecule has 0 amide bonds. The summed E-state index contributed by atoms with van der Waals surface area (Å²) in [5.41, 5.74) is 0.0339. The monoisotopic (exact) mass is 209 g/mol. The van der Waals surface area contributed by atoms with Crippen molar-refractivity contribution >= 4 is 0 Å². The van der Waals surface area contributed by atoms with Crippen LogP contribution in [0, 0.1) is 0 Å². The minimum atomic E-state index is 0.0339. The van der Waals surface area contributed by atoms with E-state index in [-0.39, 0.29) is 5.56 Å². The topological polar surface area (TPSA) is 46.9 Å². The van der Waals surface area contributed by atoms with Gasteiger partial charge < -0.3 is 5.32 Å². The van der Waals surface area contributed by atoms with Crippen molar-refractivity contribution in [3.63, 3.8) is 0 Å². The van der Waals surface area contributed by atoms with Gasteiger partial charge in [-0.2, -0.15) is 0 Å². The van der Waals surface area contributed by atoms with Crippen molar-refractivity contribution in [3.05, 3.63) is 28.9 Å². The summed E-state index contributed by atoms with van der Waals surface area (Å²) >= 11 is 0. The summed E-state index contributed by atoms with van der Waals surface area (Å²) in [4.78, 5) is 15.2. The van der Waals surface area contributed by atoms with Gasteiger partial charge in [0.25, 0.3) is 5.56 Å². The molecule has 4 heteroatoms. The summed E-state index contributed by atoms with van der Waals surface area (Å²) in [6.07, 6.45) is 6.43. The van der Waals surface area contributed by atoms with Crippen LogP contribution >= 0.6 is 0 Å². The van der Waals surface area contributed by atoms with Gasteiger partial charge >= 0.3 is 0 Å². The summed E-state index contributed by atoms with van der Waals surface area (Å²) in [6.45, 7) is 2.93. The quantitative estimate of drug-likeness (QED) is 0.712. The molecule has 0 aliphatic heterocycles. The molecule has 4 nitrogen and oxygen atoms in total. The molecule has 1 unspecified atom stereocenters. The molecular weight excluding hydrogens is 190 g/mol. The molecule has 0 bridgehead atoms. The summed E-state index contributed by atoms with van der Waals surface area (Å²) in [7, 11) is 1.97. The molecule has 1 N–H and O–H groups in total. The molecule has 1 rings (SSSR count). The molecule has 0 aromatic carbocycles.